The third-order valence-corrected chi connectivity index (χ3v) is 6.82. The summed E-state index contributed by atoms with van der Waals surface area (Å²) in [6.45, 7) is 10.2. The molecule has 1 aromatic carbocycles. The number of hydrogen-bond acceptors (Lipinski definition) is 9. The molecule has 2 fully saturated rings. The quantitative estimate of drug-likeness (QED) is 0.359. The molecule has 34 heavy (non-hydrogen) atoms. The maximum absolute atomic E-state index is 12.1. The van der Waals surface area contributed by atoms with Crippen molar-refractivity contribution < 1.29 is 14.5 Å². The zero-order valence-electron chi connectivity index (χ0n) is 20.1. The van der Waals surface area contributed by atoms with Crippen molar-refractivity contribution in [2.45, 2.75) is 33.6 Å². The van der Waals surface area contributed by atoms with Crippen LogP contribution in [0.4, 0.5) is 23.0 Å². The van der Waals surface area contributed by atoms with Crippen LogP contribution in [0.15, 0.2) is 24.5 Å². The lowest BCUT2D eigenvalue weighted by atomic mass is 9.97. The van der Waals surface area contributed by atoms with E-state index in [-0.39, 0.29) is 22.5 Å². The molecule has 2 saturated heterocycles. The van der Waals surface area contributed by atoms with Gasteiger partial charge in [0, 0.05) is 45.0 Å². The van der Waals surface area contributed by atoms with E-state index in [1.807, 2.05) is 9.80 Å². The molecule has 0 saturated carbocycles. The molecule has 2 aromatic rings. The summed E-state index contributed by atoms with van der Waals surface area (Å²) in [4.78, 5) is 38.6. The van der Waals surface area contributed by atoms with E-state index < -0.39 is 0 Å². The van der Waals surface area contributed by atoms with Crippen LogP contribution in [0.5, 0.6) is 0 Å². The van der Waals surface area contributed by atoms with Gasteiger partial charge in [0.2, 0.25) is 11.6 Å². The number of carbonyl (C=O) groups excluding carboxylic acids is 1. The fourth-order valence-corrected chi connectivity index (χ4v) is 4.67. The lowest BCUT2D eigenvalue weighted by Gasteiger charge is -2.37. The third-order valence-electron chi connectivity index (χ3n) is 6.82. The number of anilines is 3. The molecule has 3 heterocycles. The fraction of sp³-hybridized carbons (Fsp3) is 0.542. The standard InChI is InChI=1S/C24H32N6O4/c1-4-34-24(31)19-7-9-28(10-8-19)22-21(30(32)33)23(26-16-25-22)29-13-11-27(12-14-29)20-6-5-17(2)18(3)15-20/h5-6,15-16,19H,4,7-14H2,1-3H3. The number of aryl methyl sites for hydroxylation is 2. The summed E-state index contributed by atoms with van der Waals surface area (Å²) in [6.07, 6.45) is 2.58. The molecule has 2 aliphatic heterocycles. The van der Waals surface area contributed by atoms with Crippen LogP contribution in [-0.2, 0) is 9.53 Å². The van der Waals surface area contributed by atoms with E-state index in [2.05, 4.69) is 46.9 Å². The predicted octanol–water partition coefficient (Wildman–Crippen LogP) is 3.11. The highest BCUT2D eigenvalue weighted by Crippen LogP contribution is 2.36. The van der Waals surface area contributed by atoms with Crippen molar-refractivity contribution in [1.82, 2.24) is 9.97 Å². The second-order valence-electron chi connectivity index (χ2n) is 8.88. The Morgan fingerprint density at radius 2 is 1.59 bits per heavy atom. The Hall–Kier alpha value is -3.43. The van der Waals surface area contributed by atoms with Gasteiger partial charge in [-0.3, -0.25) is 14.9 Å². The van der Waals surface area contributed by atoms with Crippen molar-refractivity contribution >= 4 is 29.0 Å². The van der Waals surface area contributed by atoms with Crippen LogP contribution < -0.4 is 14.7 Å². The second-order valence-corrected chi connectivity index (χ2v) is 8.88. The summed E-state index contributed by atoms with van der Waals surface area (Å²) in [5.74, 6) is 0.327. The monoisotopic (exact) mass is 468 g/mol. The number of rotatable bonds is 6. The molecule has 0 aliphatic carbocycles. The minimum absolute atomic E-state index is 0.0586. The Morgan fingerprint density at radius 1 is 1.00 bits per heavy atom. The molecular weight excluding hydrogens is 436 g/mol. The number of nitro groups is 1. The number of esters is 1. The van der Waals surface area contributed by atoms with Crippen LogP contribution in [-0.4, -0.2) is 66.7 Å². The average molecular weight is 469 g/mol. The molecule has 182 valence electrons. The summed E-state index contributed by atoms with van der Waals surface area (Å²) in [5, 5.41) is 12.1. The van der Waals surface area contributed by atoms with Gasteiger partial charge in [0.1, 0.15) is 6.33 Å². The molecule has 10 nitrogen and oxygen atoms in total. The maximum Gasteiger partial charge on any atom is 0.353 e. The summed E-state index contributed by atoms with van der Waals surface area (Å²) in [7, 11) is 0. The molecule has 0 atom stereocenters. The van der Waals surface area contributed by atoms with Crippen LogP contribution in [0.1, 0.15) is 30.9 Å². The van der Waals surface area contributed by atoms with Gasteiger partial charge in [-0.2, -0.15) is 0 Å². The largest absolute Gasteiger partial charge is 0.466 e. The number of benzene rings is 1. The van der Waals surface area contributed by atoms with Gasteiger partial charge in [0.15, 0.2) is 0 Å². The first-order valence-corrected chi connectivity index (χ1v) is 11.9. The van der Waals surface area contributed by atoms with Crippen molar-refractivity contribution in [2.24, 2.45) is 5.92 Å². The number of nitrogens with zero attached hydrogens (tertiary/aromatic N) is 6. The number of ether oxygens (including phenoxy) is 1. The van der Waals surface area contributed by atoms with Crippen molar-refractivity contribution in [3.05, 3.63) is 45.8 Å². The van der Waals surface area contributed by atoms with E-state index in [9.17, 15) is 14.9 Å². The Labute approximate surface area is 199 Å². The number of piperazine rings is 1. The molecule has 0 N–H and O–H groups in total. The summed E-state index contributed by atoms with van der Waals surface area (Å²) >= 11 is 0. The zero-order chi connectivity index (χ0) is 24.2. The van der Waals surface area contributed by atoms with Gasteiger partial charge in [-0.05, 0) is 56.9 Å². The van der Waals surface area contributed by atoms with Crippen LogP contribution in [0.2, 0.25) is 0 Å². The Balaban J connectivity index is 1.48. The Bertz CT molecular complexity index is 1050. The van der Waals surface area contributed by atoms with E-state index in [1.165, 1.54) is 23.1 Å². The smallest absolute Gasteiger partial charge is 0.353 e. The minimum atomic E-state index is -0.377. The normalized spacial score (nSPS) is 17.1. The number of aromatic nitrogens is 2. The molecule has 0 radical (unpaired) electrons. The first kappa shape index (κ1) is 23.7. The van der Waals surface area contributed by atoms with Crippen LogP contribution >= 0.6 is 0 Å². The molecule has 0 amide bonds. The highest BCUT2D eigenvalue weighted by Gasteiger charge is 2.34. The minimum Gasteiger partial charge on any atom is -0.466 e. The van der Waals surface area contributed by atoms with Crippen molar-refractivity contribution in [1.29, 1.82) is 0 Å². The predicted molar refractivity (Wildman–Crippen MR) is 131 cm³/mol. The molecule has 0 unspecified atom stereocenters. The first-order valence-electron chi connectivity index (χ1n) is 11.9. The average Bonchev–Trinajstić information content (AvgIpc) is 2.85. The van der Waals surface area contributed by atoms with Gasteiger partial charge in [-0.1, -0.05) is 6.07 Å². The first-order chi connectivity index (χ1) is 16.4. The number of piperidine rings is 1. The van der Waals surface area contributed by atoms with Gasteiger partial charge >= 0.3 is 11.7 Å². The van der Waals surface area contributed by atoms with Crippen molar-refractivity contribution in [3.63, 3.8) is 0 Å². The van der Waals surface area contributed by atoms with Crippen molar-refractivity contribution in [2.75, 3.05) is 60.6 Å². The lowest BCUT2D eigenvalue weighted by Crippen LogP contribution is -2.47. The highest BCUT2D eigenvalue weighted by molar-refractivity contribution is 5.74. The van der Waals surface area contributed by atoms with Gasteiger partial charge in [-0.25, -0.2) is 9.97 Å². The topological polar surface area (TPSA) is 105 Å². The maximum atomic E-state index is 12.1. The third kappa shape index (κ3) is 4.90. The van der Waals surface area contributed by atoms with Crippen molar-refractivity contribution in [3.8, 4) is 0 Å². The van der Waals surface area contributed by atoms with E-state index in [0.717, 1.165) is 13.1 Å². The molecule has 4 rings (SSSR count). The van der Waals surface area contributed by atoms with Gasteiger partial charge < -0.3 is 19.4 Å². The van der Waals surface area contributed by atoms with E-state index >= 15 is 0 Å². The van der Waals surface area contributed by atoms with Gasteiger partial charge in [0.25, 0.3) is 0 Å². The Kier molecular flexibility index (Phi) is 7.14. The molecule has 0 bridgehead atoms. The van der Waals surface area contributed by atoms with Crippen LogP contribution in [0, 0.1) is 29.9 Å². The Morgan fingerprint density at radius 3 is 2.15 bits per heavy atom. The summed E-state index contributed by atoms with van der Waals surface area (Å²) in [6, 6.07) is 6.45. The second kappa shape index (κ2) is 10.2. The summed E-state index contributed by atoms with van der Waals surface area (Å²) in [5.41, 5.74) is 3.63. The van der Waals surface area contributed by atoms with E-state index in [4.69, 9.17) is 4.74 Å². The zero-order valence-corrected chi connectivity index (χ0v) is 20.1. The number of hydrogen-bond donors (Lipinski definition) is 0. The number of carbonyl (C=O) groups is 1. The van der Waals surface area contributed by atoms with E-state index in [0.29, 0.717) is 57.3 Å². The fourth-order valence-electron chi connectivity index (χ4n) is 4.67. The molecule has 10 heteroatoms. The van der Waals surface area contributed by atoms with Crippen LogP contribution in [0.3, 0.4) is 0 Å². The van der Waals surface area contributed by atoms with Gasteiger partial charge in [0.05, 0.1) is 17.4 Å². The molecular formula is C24H32N6O4. The SMILES string of the molecule is CCOC(=O)C1CCN(c2ncnc(N3CCN(c4ccc(C)c(C)c4)CC3)c2[N+](=O)[O-])CC1. The molecule has 0 spiro atoms. The lowest BCUT2D eigenvalue weighted by molar-refractivity contribution is -0.383. The summed E-state index contributed by atoms with van der Waals surface area (Å²) < 4.78 is 5.13. The van der Waals surface area contributed by atoms with E-state index in [1.54, 1.807) is 6.92 Å². The molecule has 1 aromatic heterocycles. The van der Waals surface area contributed by atoms with Gasteiger partial charge in [-0.15, -0.1) is 0 Å². The molecule has 2 aliphatic rings. The van der Waals surface area contributed by atoms with Crippen LogP contribution in [0.25, 0.3) is 0 Å². The highest BCUT2D eigenvalue weighted by atomic mass is 16.6.